The van der Waals surface area contributed by atoms with Gasteiger partial charge >= 0.3 is 0 Å². The van der Waals surface area contributed by atoms with Crippen molar-refractivity contribution < 1.29 is 147 Å². The third-order valence-electron chi connectivity index (χ3n) is 18.4. The molecule has 0 fully saturated rings. The Morgan fingerprint density at radius 3 is 0.230 bits per heavy atom. The zero-order valence-electron chi connectivity index (χ0n) is 70.5. The van der Waals surface area contributed by atoms with Crippen LogP contribution in [0.5, 0.6) is 172 Å². The van der Waals surface area contributed by atoms with E-state index in [0.717, 1.165) is 0 Å². The number of phenolic OH excluding ortho intramolecular Hbond substituents is 12. The van der Waals surface area contributed by atoms with E-state index < -0.39 is 0 Å². The second-order valence-electron chi connectivity index (χ2n) is 29.3. The molecule has 0 aliphatic carbocycles. The van der Waals surface area contributed by atoms with Crippen LogP contribution in [0.3, 0.4) is 0 Å². The SMILES string of the molecule is Oc1cc(O)cc(OCCCCOc2cc(OCCCCOc3cc(O)cc(O)c3)cc(OCCCCOc3cc(OCCCCOc4cc(OCCCCOc5cc(O)cc(O)c5)cc(OCCCCOc5cc(O)cc(O)c5)c4)cc(OCCCCOc4cc(OCCCCOc5cc(O)cc(O)c5)cc(OCCCCOc5cc(O)cc(O)c5)c4)c3)c2)c1. The molecule has 126 heavy (non-hydrogen) atoms. The zero-order chi connectivity index (χ0) is 88.7. The van der Waals surface area contributed by atoms with Crippen LogP contribution in [0.2, 0.25) is 0 Å². The fraction of sp³-hybridized carbons (Fsp3) is 0.375. The van der Waals surface area contributed by atoms with Crippen LogP contribution in [-0.2, 0) is 0 Å². The Balaban J connectivity index is 0.732. The van der Waals surface area contributed by atoms with Gasteiger partial charge in [-0.3, -0.25) is 0 Å². The van der Waals surface area contributed by atoms with Crippen molar-refractivity contribution in [1.29, 1.82) is 0 Å². The molecule has 10 aromatic rings. The molecule has 678 valence electrons. The number of benzene rings is 10. The summed E-state index contributed by atoms with van der Waals surface area (Å²) in [6.45, 7) is 6.19. The molecule has 0 aromatic heterocycles. The highest BCUT2D eigenvalue weighted by Gasteiger charge is 2.15. The minimum atomic E-state index is -0.100. The zero-order valence-corrected chi connectivity index (χ0v) is 70.5. The van der Waals surface area contributed by atoms with E-state index in [-0.39, 0.29) is 69.0 Å². The van der Waals surface area contributed by atoms with E-state index in [1.807, 2.05) is 18.2 Å². The monoisotopic (exact) mass is 1750 g/mol. The predicted molar refractivity (Wildman–Crippen MR) is 466 cm³/mol. The number of hydrogen-bond donors (Lipinski definition) is 12. The molecule has 0 aliphatic heterocycles. The van der Waals surface area contributed by atoms with Crippen molar-refractivity contribution in [3.8, 4) is 172 Å². The van der Waals surface area contributed by atoms with E-state index in [1.165, 1.54) is 109 Å². The normalized spacial score (nSPS) is 11.0. The number of ether oxygens (including phenoxy) is 18. The lowest BCUT2D eigenvalue weighted by Gasteiger charge is -2.15. The molecule has 0 aliphatic rings. The smallest absolute Gasteiger partial charge is 0.126 e. The van der Waals surface area contributed by atoms with Crippen LogP contribution in [0.4, 0.5) is 0 Å². The second kappa shape index (κ2) is 52.6. The Kier molecular flexibility index (Phi) is 39.4. The van der Waals surface area contributed by atoms with Crippen LogP contribution in [0.15, 0.2) is 182 Å². The Hall–Kier alpha value is -13.8. The third-order valence-corrected chi connectivity index (χ3v) is 18.4. The minimum Gasteiger partial charge on any atom is -0.508 e. The first-order valence-corrected chi connectivity index (χ1v) is 42.4. The molecular weight excluding hydrogens is 1630 g/mol. The molecular formula is C96H114O30. The molecule has 10 aromatic carbocycles. The first-order chi connectivity index (χ1) is 61.3. The Bertz CT molecular complexity index is 4030. The molecule has 0 saturated heterocycles. The van der Waals surface area contributed by atoms with Gasteiger partial charge in [-0.2, -0.15) is 0 Å². The van der Waals surface area contributed by atoms with Gasteiger partial charge in [0.15, 0.2) is 0 Å². The molecule has 0 saturated carbocycles. The van der Waals surface area contributed by atoms with Gasteiger partial charge < -0.3 is 147 Å². The topological polar surface area (TPSA) is 409 Å². The highest BCUT2D eigenvalue weighted by Crippen LogP contribution is 2.37. The summed E-state index contributed by atoms with van der Waals surface area (Å²) < 4.78 is 110. The second-order valence-corrected chi connectivity index (χ2v) is 29.3. The van der Waals surface area contributed by atoms with E-state index in [2.05, 4.69) is 0 Å². The molecule has 12 N–H and O–H groups in total. The Morgan fingerprint density at radius 1 is 0.0952 bits per heavy atom. The van der Waals surface area contributed by atoms with Gasteiger partial charge in [-0.15, -0.1) is 0 Å². The van der Waals surface area contributed by atoms with Gasteiger partial charge in [-0.05, 0) is 116 Å². The summed E-state index contributed by atoms with van der Waals surface area (Å²) in [6, 6.07) is 46.2. The fourth-order valence-electron chi connectivity index (χ4n) is 12.3. The van der Waals surface area contributed by atoms with E-state index >= 15 is 0 Å². The van der Waals surface area contributed by atoms with Gasteiger partial charge in [-0.25, -0.2) is 0 Å². The largest absolute Gasteiger partial charge is 0.508 e. The fourth-order valence-corrected chi connectivity index (χ4v) is 12.3. The Labute approximate surface area is 732 Å². The van der Waals surface area contributed by atoms with Crippen LogP contribution < -0.4 is 85.3 Å². The lowest BCUT2D eigenvalue weighted by atomic mass is 10.2. The van der Waals surface area contributed by atoms with Crippen molar-refractivity contribution in [2.75, 3.05) is 119 Å². The van der Waals surface area contributed by atoms with Crippen molar-refractivity contribution in [3.05, 3.63) is 182 Å². The standard InChI is InChI=1S/C96H114O30/c97-67-37-68(98)44-79(43-67)109-19-1-7-25-115-85-55-86(116-26-8-2-20-110-80-45-69(99)38-70(100)46-80)59-91(58-85)121-31-13-16-34-124-94-64-95(125-35-17-14-32-122-92-60-87(117-27-9-3-21-111-81-47-71(101)39-72(102)48-81)56-88(61-92)118-28-10-4-22-112-82-49-73(103)40-74(104)50-82)66-96(65-94)126-36-18-15-33-123-93-62-89(119-29-11-5-23-113-83-51-75(105)41-76(106)52-83)57-90(63-93)120-30-12-6-24-114-84-53-77(107)42-78(108)54-84/h37-66,97-108H,1-36H2. The molecule has 0 radical (unpaired) electrons. The van der Waals surface area contributed by atoms with Crippen molar-refractivity contribution in [2.45, 2.75) is 116 Å². The summed E-state index contributed by atoms with van der Waals surface area (Å²) >= 11 is 0. The minimum absolute atomic E-state index is 0.100. The maximum Gasteiger partial charge on any atom is 0.126 e. The maximum atomic E-state index is 9.85. The molecule has 0 amide bonds. The van der Waals surface area contributed by atoms with Gasteiger partial charge in [-0.1, -0.05) is 0 Å². The average Bonchev–Trinajstić information content (AvgIpc) is 0.859. The molecule has 30 heteroatoms. The van der Waals surface area contributed by atoms with Gasteiger partial charge in [0.2, 0.25) is 0 Å². The summed E-state index contributed by atoms with van der Waals surface area (Å²) in [6.07, 6.45) is 11.3. The molecule has 0 atom stereocenters. The van der Waals surface area contributed by atoms with Crippen LogP contribution in [0, 0.1) is 0 Å². The van der Waals surface area contributed by atoms with Crippen LogP contribution in [0.1, 0.15) is 116 Å². The lowest BCUT2D eigenvalue weighted by molar-refractivity contribution is 0.244. The van der Waals surface area contributed by atoms with Crippen molar-refractivity contribution >= 4 is 0 Å². The number of rotatable bonds is 63. The summed E-state index contributed by atoms with van der Waals surface area (Å²) in [7, 11) is 0. The third kappa shape index (κ3) is 37.5. The molecule has 0 heterocycles. The van der Waals surface area contributed by atoms with Crippen LogP contribution >= 0.6 is 0 Å². The number of phenols is 12. The van der Waals surface area contributed by atoms with E-state index in [9.17, 15) is 61.3 Å². The summed E-state index contributed by atoms with van der Waals surface area (Å²) in [4.78, 5) is 0. The highest BCUT2D eigenvalue weighted by atomic mass is 16.5. The van der Waals surface area contributed by atoms with E-state index in [1.54, 1.807) is 54.6 Å². The first-order valence-electron chi connectivity index (χ1n) is 42.4. The van der Waals surface area contributed by atoms with Gasteiger partial charge in [0.25, 0.3) is 0 Å². The molecule has 30 nitrogen and oxygen atoms in total. The summed E-state index contributed by atoms with van der Waals surface area (Å²) in [5, 5.41) is 118. The summed E-state index contributed by atoms with van der Waals surface area (Å²) in [5.74, 6) is 7.39. The Morgan fingerprint density at radius 2 is 0.159 bits per heavy atom. The number of hydrogen-bond acceptors (Lipinski definition) is 30. The highest BCUT2D eigenvalue weighted by molar-refractivity contribution is 5.48. The van der Waals surface area contributed by atoms with Gasteiger partial charge in [0.05, 0.1) is 119 Å². The molecule has 0 spiro atoms. The average molecular weight is 1750 g/mol. The van der Waals surface area contributed by atoms with Crippen molar-refractivity contribution in [1.82, 2.24) is 0 Å². The van der Waals surface area contributed by atoms with Gasteiger partial charge in [0.1, 0.15) is 172 Å². The van der Waals surface area contributed by atoms with E-state index in [4.69, 9.17) is 85.3 Å². The lowest BCUT2D eigenvalue weighted by Crippen LogP contribution is -2.06. The predicted octanol–water partition coefficient (Wildman–Crippen LogP) is 18.3. The number of aromatic hydroxyl groups is 12. The summed E-state index contributed by atoms with van der Waals surface area (Å²) in [5.41, 5.74) is 0. The molecule has 0 bridgehead atoms. The maximum absolute atomic E-state index is 9.85. The first kappa shape index (κ1) is 94.4. The quantitative estimate of drug-likeness (QED) is 0.0158. The van der Waals surface area contributed by atoms with Crippen molar-refractivity contribution in [3.63, 3.8) is 0 Å². The molecule has 10 rings (SSSR count). The van der Waals surface area contributed by atoms with Crippen molar-refractivity contribution in [2.24, 2.45) is 0 Å². The van der Waals surface area contributed by atoms with E-state index in [0.29, 0.717) is 338 Å². The van der Waals surface area contributed by atoms with Gasteiger partial charge in [0, 0.05) is 182 Å². The van der Waals surface area contributed by atoms with Crippen LogP contribution in [0.25, 0.3) is 0 Å². The van der Waals surface area contributed by atoms with Crippen LogP contribution in [-0.4, -0.2) is 180 Å². The number of unbranched alkanes of at least 4 members (excludes halogenated alkanes) is 9. The molecule has 0 unspecified atom stereocenters.